The fourth-order valence-electron chi connectivity index (χ4n) is 2.23. The van der Waals surface area contributed by atoms with Crippen LogP contribution in [-0.2, 0) is 0 Å². The molecule has 0 bridgehead atoms. The number of nitrogens with two attached hydrogens (primary N) is 1. The lowest BCUT2D eigenvalue weighted by Crippen LogP contribution is -2.28. The van der Waals surface area contributed by atoms with Crippen molar-refractivity contribution in [3.63, 3.8) is 0 Å². The van der Waals surface area contributed by atoms with Crippen LogP contribution in [0.15, 0.2) is 18.2 Å². The normalized spacial score (nSPS) is 25.4. The highest BCUT2D eigenvalue weighted by molar-refractivity contribution is 5.52. The van der Waals surface area contributed by atoms with Crippen molar-refractivity contribution < 1.29 is 9.13 Å². The van der Waals surface area contributed by atoms with Gasteiger partial charge < -0.3 is 10.5 Å². The summed E-state index contributed by atoms with van der Waals surface area (Å²) < 4.78 is 18.9. The van der Waals surface area contributed by atoms with E-state index in [1.807, 2.05) is 0 Å². The Kier molecular flexibility index (Phi) is 3.32. The van der Waals surface area contributed by atoms with E-state index in [0.29, 0.717) is 17.4 Å². The monoisotopic (exact) mass is 223 g/mol. The number of anilines is 1. The number of hydrogen-bond donors (Lipinski definition) is 1. The third kappa shape index (κ3) is 2.46. The van der Waals surface area contributed by atoms with Crippen LogP contribution in [0.5, 0.6) is 5.75 Å². The molecule has 1 aliphatic rings. The van der Waals surface area contributed by atoms with Gasteiger partial charge in [-0.2, -0.15) is 0 Å². The summed E-state index contributed by atoms with van der Waals surface area (Å²) in [7, 11) is 0. The molecule has 0 spiro atoms. The minimum atomic E-state index is -0.298. The molecule has 0 heterocycles. The molecule has 1 aliphatic carbocycles. The van der Waals surface area contributed by atoms with Gasteiger partial charge in [0.15, 0.2) is 0 Å². The molecule has 0 aromatic heterocycles. The van der Waals surface area contributed by atoms with Gasteiger partial charge in [-0.15, -0.1) is 0 Å². The summed E-state index contributed by atoms with van der Waals surface area (Å²) in [5.41, 5.74) is 6.27. The summed E-state index contributed by atoms with van der Waals surface area (Å²) in [4.78, 5) is 0. The van der Waals surface area contributed by atoms with E-state index in [1.54, 1.807) is 6.07 Å². The van der Waals surface area contributed by atoms with Crippen LogP contribution >= 0.6 is 0 Å². The van der Waals surface area contributed by atoms with Crippen molar-refractivity contribution in [1.29, 1.82) is 0 Å². The Morgan fingerprint density at radius 1 is 1.31 bits per heavy atom. The van der Waals surface area contributed by atoms with Crippen LogP contribution < -0.4 is 10.5 Å². The van der Waals surface area contributed by atoms with Gasteiger partial charge >= 0.3 is 0 Å². The Morgan fingerprint density at radius 3 is 2.81 bits per heavy atom. The topological polar surface area (TPSA) is 35.2 Å². The maximum Gasteiger partial charge on any atom is 0.145 e. The first kappa shape index (κ1) is 11.2. The van der Waals surface area contributed by atoms with E-state index in [4.69, 9.17) is 10.5 Å². The van der Waals surface area contributed by atoms with Gasteiger partial charge in [-0.25, -0.2) is 4.39 Å². The fraction of sp³-hybridized carbons (Fsp3) is 0.538. The zero-order chi connectivity index (χ0) is 11.5. The van der Waals surface area contributed by atoms with Crippen molar-refractivity contribution in [1.82, 2.24) is 0 Å². The number of nitrogen functional groups attached to an aromatic ring is 1. The molecule has 2 nitrogen and oxygen atoms in total. The van der Waals surface area contributed by atoms with Crippen LogP contribution in [0.3, 0.4) is 0 Å². The minimum Gasteiger partial charge on any atom is -0.488 e. The standard InChI is InChI=1S/C13H18FNO/c1-9-4-2-3-5-12(9)16-13-8-10(14)6-7-11(13)15/h6-9,12H,2-5,15H2,1H3. The summed E-state index contributed by atoms with van der Waals surface area (Å²) in [5, 5.41) is 0. The molecule has 3 heteroatoms. The molecule has 2 atom stereocenters. The highest BCUT2D eigenvalue weighted by Gasteiger charge is 2.23. The molecule has 2 N–H and O–H groups in total. The Labute approximate surface area is 95.6 Å². The van der Waals surface area contributed by atoms with Gasteiger partial charge in [-0.3, -0.25) is 0 Å². The maximum absolute atomic E-state index is 13.1. The lowest BCUT2D eigenvalue weighted by atomic mass is 9.88. The van der Waals surface area contributed by atoms with Crippen molar-refractivity contribution in [2.75, 3.05) is 5.73 Å². The van der Waals surface area contributed by atoms with Crippen LogP contribution in [-0.4, -0.2) is 6.10 Å². The molecular formula is C13H18FNO. The SMILES string of the molecule is CC1CCCCC1Oc1cc(F)ccc1N. The van der Waals surface area contributed by atoms with Gasteiger partial charge in [-0.1, -0.05) is 13.3 Å². The molecule has 16 heavy (non-hydrogen) atoms. The molecular weight excluding hydrogens is 205 g/mol. The number of hydrogen-bond acceptors (Lipinski definition) is 2. The van der Waals surface area contributed by atoms with Crippen LogP contribution in [0.4, 0.5) is 10.1 Å². The second kappa shape index (κ2) is 4.73. The van der Waals surface area contributed by atoms with Crippen LogP contribution in [0, 0.1) is 11.7 Å². The summed E-state index contributed by atoms with van der Waals surface area (Å²) >= 11 is 0. The molecule has 2 rings (SSSR count). The highest BCUT2D eigenvalue weighted by Crippen LogP contribution is 2.31. The third-order valence-corrected chi connectivity index (χ3v) is 3.29. The van der Waals surface area contributed by atoms with Gasteiger partial charge in [0.2, 0.25) is 0 Å². The molecule has 1 saturated carbocycles. The molecule has 88 valence electrons. The smallest absolute Gasteiger partial charge is 0.145 e. The van der Waals surface area contributed by atoms with Crippen molar-refractivity contribution in [3.8, 4) is 5.75 Å². The Bertz CT molecular complexity index is 367. The van der Waals surface area contributed by atoms with Crippen LogP contribution in [0.25, 0.3) is 0 Å². The van der Waals surface area contributed by atoms with E-state index in [-0.39, 0.29) is 11.9 Å². The average Bonchev–Trinajstić information content (AvgIpc) is 2.27. The van der Waals surface area contributed by atoms with E-state index in [2.05, 4.69) is 6.92 Å². The van der Waals surface area contributed by atoms with E-state index in [0.717, 1.165) is 6.42 Å². The average molecular weight is 223 g/mol. The number of ether oxygens (including phenoxy) is 1. The zero-order valence-corrected chi connectivity index (χ0v) is 9.58. The lowest BCUT2D eigenvalue weighted by Gasteiger charge is -2.29. The summed E-state index contributed by atoms with van der Waals surface area (Å²) in [6, 6.07) is 4.28. The lowest BCUT2D eigenvalue weighted by molar-refractivity contribution is 0.103. The third-order valence-electron chi connectivity index (χ3n) is 3.29. The first-order chi connectivity index (χ1) is 7.66. The first-order valence-corrected chi connectivity index (χ1v) is 5.88. The minimum absolute atomic E-state index is 0.179. The van der Waals surface area contributed by atoms with Gasteiger partial charge in [0, 0.05) is 6.07 Å². The van der Waals surface area contributed by atoms with Gasteiger partial charge in [0.05, 0.1) is 5.69 Å². The first-order valence-electron chi connectivity index (χ1n) is 5.88. The van der Waals surface area contributed by atoms with Crippen molar-refractivity contribution >= 4 is 5.69 Å². The van der Waals surface area contributed by atoms with Crippen molar-refractivity contribution in [3.05, 3.63) is 24.0 Å². The Morgan fingerprint density at radius 2 is 2.06 bits per heavy atom. The molecule has 0 radical (unpaired) electrons. The summed E-state index contributed by atoms with van der Waals surface area (Å²) in [5.74, 6) is 0.711. The van der Waals surface area contributed by atoms with Gasteiger partial charge in [-0.05, 0) is 37.3 Å². The molecule has 1 aromatic rings. The second-order valence-electron chi connectivity index (χ2n) is 4.60. The molecule has 1 fully saturated rings. The van der Waals surface area contributed by atoms with Gasteiger partial charge in [0.1, 0.15) is 17.7 Å². The predicted octanol–water partition coefficient (Wildman–Crippen LogP) is 3.37. The second-order valence-corrected chi connectivity index (χ2v) is 4.60. The molecule has 1 aromatic carbocycles. The van der Waals surface area contributed by atoms with E-state index in [9.17, 15) is 4.39 Å². The van der Waals surface area contributed by atoms with E-state index >= 15 is 0 Å². The molecule has 0 saturated heterocycles. The number of rotatable bonds is 2. The largest absolute Gasteiger partial charge is 0.488 e. The predicted molar refractivity (Wildman–Crippen MR) is 62.9 cm³/mol. The molecule has 0 amide bonds. The van der Waals surface area contributed by atoms with Crippen LogP contribution in [0.1, 0.15) is 32.6 Å². The van der Waals surface area contributed by atoms with Gasteiger partial charge in [0.25, 0.3) is 0 Å². The van der Waals surface area contributed by atoms with E-state index < -0.39 is 0 Å². The Hall–Kier alpha value is -1.25. The fourth-order valence-corrected chi connectivity index (χ4v) is 2.23. The highest BCUT2D eigenvalue weighted by atomic mass is 19.1. The van der Waals surface area contributed by atoms with Crippen molar-refractivity contribution in [2.45, 2.75) is 38.7 Å². The molecule has 0 aliphatic heterocycles. The van der Waals surface area contributed by atoms with Crippen LogP contribution in [0.2, 0.25) is 0 Å². The van der Waals surface area contributed by atoms with E-state index in [1.165, 1.54) is 31.4 Å². The van der Waals surface area contributed by atoms with Crippen molar-refractivity contribution in [2.24, 2.45) is 5.92 Å². The summed E-state index contributed by atoms with van der Waals surface area (Å²) in [6.07, 6.45) is 4.85. The zero-order valence-electron chi connectivity index (χ0n) is 9.58. The molecule has 2 unspecified atom stereocenters. The Balaban J connectivity index is 2.10. The summed E-state index contributed by atoms with van der Waals surface area (Å²) in [6.45, 7) is 2.18. The number of benzene rings is 1. The maximum atomic E-state index is 13.1. The quantitative estimate of drug-likeness (QED) is 0.780. The number of halogens is 1.